The topological polar surface area (TPSA) is 9.23 Å². The molecule has 64 valence electrons. The van der Waals surface area contributed by atoms with Gasteiger partial charge in [0.2, 0.25) is 0 Å². The van der Waals surface area contributed by atoms with Gasteiger partial charge in [0.15, 0.2) is 0 Å². The highest BCUT2D eigenvalue weighted by molar-refractivity contribution is 6.53. The summed E-state index contributed by atoms with van der Waals surface area (Å²) in [6.45, 7) is 10.5. The van der Waals surface area contributed by atoms with E-state index in [1.54, 1.807) is 0 Å². The molecule has 1 nitrogen and oxygen atoms in total. The van der Waals surface area contributed by atoms with Gasteiger partial charge >= 0.3 is 0 Å². The molecule has 0 aliphatic carbocycles. The van der Waals surface area contributed by atoms with Crippen LogP contribution in [0.4, 0.5) is 0 Å². The standard InChI is InChI=1S/C9H19BO/c1-8(2)10-6-5-9(3,4)7-11-10/h8H,5-7H2,1-4H3. The summed E-state index contributed by atoms with van der Waals surface area (Å²) in [5, 5.41) is 0. The smallest absolute Gasteiger partial charge is 0.295 e. The van der Waals surface area contributed by atoms with Crippen LogP contribution < -0.4 is 0 Å². The molecule has 0 atom stereocenters. The Morgan fingerprint density at radius 1 is 1.36 bits per heavy atom. The summed E-state index contributed by atoms with van der Waals surface area (Å²) in [6.07, 6.45) is 2.56. The number of hydrogen-bond acceptors (Lipinski definition) is 1. The van der Waals surface area contributed by atoms with Crippen molar-refractivity contribution in [2.45, 2.75) is 46.3 Å². The Morgan fingerprint density at radius 2 is 2.00 bits per heavy atom. The minimum absolute atomic E-state index is 0.422. The monoisotopic (exact) mass is 154 g/mol. The lowest BCUT2D eigenvalue weighted by Gasteiger charge is -2.34. The predicted octanol–water partition coefficient (Wildman–Crippen LogP) is 2.83. The van der Waals surface area contributed by atoms with Crippen LogP contribution in [0.15, 0.2) is 0 Å². The highest BCUT2D eigenvalue weighted by Gasteiger charge is 2.31. The van der Waals surface area contributed by atoms with Gasteiger partial charge in [-0.15, -0.1) is 0 Å². The van der Waals surface area contributed by atoms with Crippen molar-refractivity contribution in [1.29, 1.82) is 0 Å². The Kier molecular flexibility index (Phi) is 2.63. The van der Waals surface area contributed by atoms with Gasteiger partial charge in [-0.05, 0) is 17.6 Å². The van der Waals surface area contributed by atoms with E-state index in [0.29, 0.717) is 18.1 Å². The summed E-state index contributed by atoms with van der Waals surface area (Å²) < 4.78 is 5.75. The SMILES string of the molecule is CC(C)B1CCC(C)(C)CO1. The van der Waals surface area contributed by atoms with E-state index >= 15 is 0 Å². The molecular formula is C9H19BO. The summed E-state index contributed by atoms with van der Waals surface area (Å²) in [6, 6.07) is 0. The highest BCUT2D eigenvalue weighted by Crippen LogP contribution is 2.32. The zero-order valence-corrected chi connectivity index (χ0v) is 8.18. The lowest BCUT2D eigenvalue weighted by Crippen LogP contribution is -2.35. The first kappa shape index (κ1) is 9.12. The fourth-order valence-electron chi connectivity index (χ4n) is 1.55. The van der Waals surface area contributed by atoms with Crippen LogP contribution in [0.25, 0.3) is 0 Å². The molecule has 0 aromatic heterocycles. The van der Waals surface area contributed by atoms with Gasteiger partial charge in [-0.1, -0.05) is 34.1 Å². The van der Waals surface area contributed by atoms with Crippen molar-refractivity contribution in [1.82, 2.24) is 0 Å². The molecular weight excluding hydrogens is 135 g/mol. The van der Waals surface area contributed by atoms with E-state index in [2.05, 4.69) is 27.7 Å². The second-order valence-corrected chi connectivity index (χ2v) is 4.80. The van der Waals surface area contributed by atoms with Crippen molar-refractivity contribution in [3.05, 3.63) is 0 Å². The molecule has 0 unspecified atom stereocenters. The summed E-state index contributed by atoms with van der Waals surface area (Å²) in [7, 11) is 0. The van der Waals surface area contributed by atoms with Crippen LogP contribution in [0.5, 0.6) is 0 Å². The molecule has 0 saturated carbocycles. The Labute approximate surface area is 70.6 Å². The van der Waals surface area contributed by atoms with Crippen molar-refractivity contribution < 1.29 is 4.65 Å². The molecule has 1 aliphatic rings. The molecule has 1 rings (SSSR count). The van der Waals surface area contributed by atoms with Crippen LogP contribution in [-0.4, -0.2) is 13.5 Å². The van der Waals surface area contributed by atoms with Gasteiger partial charge in [0.05, 0.1) is 0 Å². The van der Waals surface area contributed by atoms with Crippen molar-refractivity contribution in [3.63, 3.8) is 0 Å². The molecule has 0 aromatic carbocycles. The summed E-state index contributed by atoms with van der Waals surface area (Å²) in [5.74, 6) is 0.686. The molecule has 1 fully saturated rings. The number of rotatable bonds is 1. The van der Waals surface area contributed by atoms with Crippen LogP contribution in [0.3, 0.4) is 0 Å². The Hall–Kier alpha value is 0.0249. The quantitative estimate of drug-likeness (QED) is 0.527. The van der Waals surface area contributed by atoms with Crippen LogP contribution >= 0.6 is 0 Å². The Bertz CT molecular complexity index is 122. The van der Waals surface area contributed by atoms with Gasteiger partial charge in [-0.25, -0.2) is 0 Å². The van der Waals surface area contributed by atoms with Crippen molar-refractivity contribution in [3.8, 4) is 0 Å². The van der Waals surface area contributed by atoms with Gasteiger partial charge in [-0.2, -0.15) is 0 Å². The maximum atomic E-state index is 5.75. The van der Waals surface area contributed by atoms with Crippen LogP contribution in [0.1, 0.15) is 34.1 Å². The predicted molar refractivity (Wildman–Crippen MR) is 50.0 cm³/mol. The molecule has 1 aliphatic heterocycles. The lowest BCUT2D eigenvalue weighted by atomic mass is 9.51. The molecule has 0 bridgehead atoms. The zero-order chi connectivity index (χ0) is 8.48. The first-order valence-corrected chi connectivity index (χ1v) is 4.63. The van der Waals surface area contributed by atoms with Crippen molar-refractivity contribution in [2.24, 2.45) is 5.41 Å². The molecule has 0 amide bonds. The molecule has 0 N–H and O–H groups in total. The van der Waals surface area contributed by atoms with E-state index < -0.39 is 0 Å². The molecule has 0 spiro atoms. The first-order valence-electron chi connectivity index (χ1n) is 4.63. The minimum atomic E-state index is 0.422. The van der Waals surface area contributed by atoms with E-state index in [1.165, 1.54) is 12.7 Å². The summed E-state index contributed by atoms with van der Waals surface area (Å²) in [5.41, 5.74) is 0.422. The Morgan fingerprint density at radius 3 is 2.36 bits per heavy atom. The largest absolute Gasteiger partial charge is 0.435 e. The van der Waals surface area contributed by atoms with Gasteiger partial charge in [0, 0.05) is 6.61 Å². The van der Waals surface area contributed by atoms with E-state index in [0.717, 1.165) is 6.61 Å². The maximum absolute atomic E-state index is 5.75. The summed E-state index contributed by atoms with van der Waals surface area (Å²) >= 11 is 0. The van der Waals surface area contributed by atoms with E-state index in [9.17, 15) is 0 Å². The molecule has 2 heteroatoms. The molecule has 11 heavy (non-hydrogen) atoms. The number of hydrogen-bond donors (Lipinski definition) is 0. The van der Waals surface area contributed by atoms with E-state index in [-0.39, 0.29) is 0 Å². The van der Waals surface area contributed by atoms with E-state index in [4.69, 9.17) is 4.65 Å². The fourth-order valence-corrected chi connectivity index (χ4v) is 1.55. The van der Waals surface area contributed by atoms with Crippen molar-refractivity contribution in [2.75, 3.05) is 6.61 Å². The third kappa shape index (κ3) is 2.51. The second kappa shape index (κ2) is 3.18. The third-order valence-electron chi connectivity index (χ3n) is 2.54. The second-order valence-electron chi connectivity index (χ2n) is 4.80. The molecule has 0 aromatic rings. The van der Waals surface area contributed by atoms with Crippen LogP contribution in [0, 0.1) is 5.41 Å². The van der Waals surface area contributed by atoms with E-state index in [1.807, 2.05) is 0 Å². The van der Waals surface area contributed by atoms with Crippen LogP contribution in [-0.2, 0) is 4.65 Å². The van der Waals surface area contributed by atoms with Gasteiger partial charge in [0.1, 0.15) is 0 Å². The first-order chi connectivity index (χ1) is 5.01. The highest BCUT2D eigenvalue weighted by atomic mass is 16.4. The maximum Gasteiger partial charge on any atom is 0.295 e. The third-order valence-corrected chi connectivity index (χ3v) is 2.54. The van der Waals surface area contributed by atoms with Gasteiger partial charge in [0.25, 0.3) is 6.92 Å². The molecule has 1 saturated heterocycles. The molecule has 1 heterocycles. The van der Waals surface area contributed by atoms with Gasteiger partial charge in [-0.3, -0.25) is 0 Å². The minimum Gasteiger partial charge on any atom is -0.435 e. The van der Waals surface area contributed by atoms with Gasteiger partial charge < -0.3 is 4.65 Å². The average molecular weight is 154 g/mol. The fraction of sp³-hybridized carbons (Fsp3) is 1.00. The molecule has 0 radical (unpaired) electrons. The Balaban J connectivity index is 2.36. The van der Waals surface area contributed by atoms with Crippen LogP contribution in [0.2, 0.25) is 12.1 Å². The van der Waals surface area contributed by atoms with Crippen molar-refractivity contribution >= 4 is 6.92 Å². The zero-order valence-electron chi connectivity index (χ0n) is 8.18. The normalized spacial score (nSPS) is 24.3. The lowest BCUT2D eigenvalue weighted by molar-refractivity contribution is 0.145. The average Bonchev–Trinajstić information content (AvgIpc) is 1.86. The summed E-state index contributed by atoms with van der Waals surface area (Å²) in [4.78, 5) is 0.